The van der Waals surface area contributed by atoms with Crippen molar-refractivity contribution in [2.45, 2.75) is 200 Å². The van der Waals surface area contributed by atoms with E-state index >= 15 is 0 Å². The number of ether oxygens (including phenoxy) is 4. The van der Waals surface area contributed by atoms with Gasteiger partial charge in [-0.2, -0.15) is 0 Å². The number of unbranched alkanes of at least 4 members (excludes halogenated alkanes) is 24. The predicted octanol–water partition coefficient (Wildman–Crippen LogP) is 12.7. The zero-order chi connectivity index (χ0) is 37.7. The highest BCUT2D eigenvalue weighted by atomic mass is 16.6. The van der Waals surface area contributed by atoms with E-state index in [2.05, 4.69) is 13.8 Å². The molecule has 0 aromatic heterocycles. The van der Waals surface area contributed by atoms with Gasteiger partial charge in [-0.1, -0.05) is 180 Å². The van der Waals surface area contributed by atoms with Crippen LogP contribution in [0.25, 0.3) is 6.08 Å². The highest BCUT2D eigenvalue weighted by molar-refractivity contribution is 5.87. The second-order valence-electron chi connectivity index (χ2n) is 14.5. The second-order valence-corrected chi connectivity index (χ2v) is 14.5. The van der Waals surface area contributed by atoms with Crippen molar-refractivity contribution < 1.29 is 33.3 Å². The molecule has 0 radical (unpaired) electrons. The van der Waals surface area contributed by atoms with Crippen molar-refractivity contribution in [3.63, 3.8) is 0 Å². The number of hydrogen-bond donors (Lipinski definition) is 0. The van der Waals surface area contributed by atoms with E-state index in [9.17, 15) is 14.4 Å². The van der Waals surface area contributed by atoms with Gasteiger partial charge in [0.25, 0.3) is 0 Å². The summed E-state index contributed by atoms with van der Waals surface area (Å²) in [6.07, 6.45) is 35.0. The average molecular weight is 729 g/mol. The molecule has 0 unspecified atom stereocenters. The number of carbonyl (C=O) groups excluding carboxylic acids is 3. The monoisotopic (exact) mass is 729 g/mol. The van der Waals surface area contributed by atoms with Crippen molar-refractivity contribution in [1.29, 1.82) is 0 Å². The summed E-state index contributed by atoms with van der Waals surface area (Å²) in [7, 11) is 1.60. The van der Waals surface area contributed by atoms with Crippen molar-refractivity contribution in [3.8, 4) is 5.75 Å². The van der Waals surface area contributed by atoms with E-state index in [-0.39, 0.29) is 25.2 Å². The summed E-state index contributed by atoms with van der Waals surface area (Å²) in [6, 6.07) is 7.27. The van der Waals surface area contributed by atoms with Crippen molar-refractivity contribution in [2.24, 2.45) is 0 Å². The normalized spacial score (nSPS) is 11.3. The molecule has 1 aromatic rings. The van der Waals surface area contributed by atoms with Gasteiger partial charge in [0, 0.05) is 18.9 Å². The minimum atomic E-state index is -0.876. The molecular formula is C45H76O7. The number of carbonyl (C=O) groups is 3. The van der Waals surface area contributed by atoms with Crippen LogP contribution in [-0.2, 0) is 28.6 Å². The quantitative estimate of drug-likeness (QED) is 0.0294. The first-order valence-electron chi connectivity index (χ1n) is 21.3. The minimum absolute atomic E-state index is 0.147. The molecule has 0 spiro atoms. The zero-order valence-electron chi connectivity index (χ0n) is 33.6. The Morgan fingerprint density at radius 2 is 0.865 bits per heavy atom. The van der Waals surface area contributed by atoms with Gasteiger partial charge < -0.3 is 18.9 Å². The van der Waals surface area contributed by atoms with Gasteiger partial charge in [0.15, 0.2) is 6.10 Å². The lowest BCUT2D eigenvalue weighted by Gasteiger charge is -2.17. The lowest BCUT2D eigenvalue weighted by Crippen LogP contribution is -2.30. The van der Waals surface area contributed by atoms with Gasteiger partial charge in [-0.05, 0) is 36.6 Å². The van der Waals surface area contributed by atoms with E-state index in [1.54, 1.807) is 25.3 Å². The Hall–Kier alpha value is -2.83. The van der Waals surface area contributed by atoms with Crippen LogP contribution < -0.4 is 4.74 Å². The van der Waals surface area contributed by atoms with Crippen LogP contribution in [0.15, 0.2) is 30.3 Å². The van der Waals surface area contributed by atoms with Gasteiger partial charge in [-0.25, -0.2) is 4.79 Å². The Labute approximate surface area is 318 Å². The molecule has 7 nitrogen and oxygen atoms in total. The topological polar surface area (TPSA) is 88.1 Å². The first kappa shape index (κ1) is 47.2. The SMILES string of the molecule is CCCCCCCCCCCCCCCC(=O)OCC(COC(=O)CCCCCCCCCCCCCCC)OC(=O)/C=C/c1ccc(OC)cc1. The molecule has 0 saturated carbocycles. The van der Waals surface area contributed by atoms with Crippen LogP contribution in [0.4, 0.5) is 0 Å². The van der Waals surface area contributed by atoms with Gasteiger partial charge in [0.1, 0.15) is 19.0 Å². The fourth-order valence-corrected chi connectivity index (χ4v) is 6.29. The van der Waals surface area contributed by atoms with E-state index in [4.69, 9.17) is 18.9 Å². The third-order valence-corrected chi connectivity index (χ3v) is 9.64. The molecule has 0 fully saturated rings. The highest BCUT2D eigenvalue weighted by Crippen LogP contribution is 2.16. The molecule has 52 heavy (non-hydrogen) atoms. The van der Waals surface area contributed by atoms with Crippen LogP contribution in [0, 0.1) is 0 Å². The summed E-state index contributed by atoms with van der Waals surface area (Å²) in [5.74, 6) is -0.519. The standard InChI is InChI=1S/C45H76O7/c1-4-6-8-10-12-14-16-18-20-22-24-26-28-30-43(46)50-38-42(52-45(48)37-34-40-32-35-41(49-3)36-33-40)39-51-44(47)31-29-27-25-23-21-19-17-15-13-11-9-7-5-2/h32-37,42H,4-31,38-39H2,1-3H3/b37-34+. The molecule has 0 aliphatic heterocycles. The second kappa shape index (κ2) is 35.2. The molecule has 0 amide bonds. The molecule has 1 rings (SSSR count). The van der Waals surface area contributed by atoms with Crippen molar-refractivity contribution in [1.82, 2.24) is 0 Å². The van der Waals surface area contributed by atoms with E-state index in [0.29, 0.717) is 12.8 Å². The Morgan fingerprint density at radius 3 is 1.21 bits per heavy atom. The molecule has 0 heterocycles. The van der Waals surface area contributed by atoms with Gasteiger partial charge >= 0.3 is 17.9 Å². The van der Waals surface area contributed by atoms with Crippen molar-refractivity contribution >= 4 is 24.0 Å². The first-order chi connectivity index (χ1) is 25.5. The van der Waals surface area contributed by atoms with E-state index < -0.39 is 12.1 Å². The summed E-state index contributed by atoms with van der Waals surface area (Å²) >= 11 is 0. The van der Waals surface area contributed by atoms with Gasteiger partial charge in [0.2, 0.25) is 0 Å². The lowest BCUT2D eigenvalue weighted by atomic mass is 10.0. The Bertz CT molecular complexity index is 973. The summed E-state index contributed by atoms with van der Waals surface area (Å²) < 4.78 is 21.7. The average Bonchev–Trinajstić information content (AvgIpc) is 3.15. The maximum atomic E-state index is 12.6. The Balaban J connectivity index is 2.33. The fraction of sp³-hybridized carbons (Fsp3) is 0.756. The molecule has 298 valence electrons. The highest BCUT2D eigenvalue weighted by Gasteiger charge is 2.18. The molecule has 1 aromatic carbocycles. The lowest BCUT2D eigenvalue weighted by molar-refractivity contribution is -0.163. The van der Waals surface area contributed by atoms with E-state index in [0.717, 1.165) is 49.8 Å². The molecule has 7 heteroatoms. The summed E-state index contributed by atoms with van der Waals surface area (Å²) in [6.45, 7) is 4.22. The predicted molar refractivity (Wildman–Crippen MR) is 214 cm³/mol. The van der Waals surface area contributed by atoms with Crippen LogP contribution in [0.3, 0.4) is 0 Å². The van der Waals surface area contributed by atoms with E-state index in [1.165, 1.54) is 134 Å². The third kappa shape index (κ3) is 29.7. The zero-order valence-corrected chi connectivity index (χ0v) is 33.6. The number of benzene rings is 1. The van der Waals surface area contributed by atoms with Crippen molar-refractivity contribution in [3.05, 3.63) is 35.9 Å². The number of rotatable bonds is 36. The smallest absolute Gasteiger partial charge is 0.331 e. The van der Waals surface area contributed by atoms with Gasteiger partial charge in [-0.15, -0.1) is 0 Å². The number of esters is 3. The maximum Gasteiger partial charge on any atom is 0.331 e. The first-order valence-corrected chi connectivity index (χ1v) is 21.3. The minimum Gasteiger partial charge on any atom is -0.497 e. The Morgan fingerprint density at radius 1 is 0.519 bits per heavy atom. The third-order valence-electron chi connectivity index (χ3n) is 9.64. The molecule has 0 saturated heterocycles. The summed E-state index contributed by atoms with van der Waals surface area (Å²) in [5.41, 5.74) is 0.808. The van der Waals surface area contributed by atoms with Crippen LogP contribution in [0.5, 0.6) is 5.75 Å². The number of hydrogen-bond acceptors (Lipinski definition) is 7. The Kier molecular flexibility index (Phi) is 32.0. The molecule has 0 bridgehead atoms. The summed E-state index contributed by atoms with van der Waals surface area (Å²) in [5, 5.41) is 0. The molecule has 0 aliphatic carbocycles. The number of methoxy groups -OCH3 is 1. The van der Waals surface area contributed by atoms with Gasteiger partial charge in [-0.3, -0.25) is 9.59 Å². The van der Waals surface area contributed by atoms with Crippen molar-refractivity contribution in [2.75, 3.05) is 20.3 Å². The van der Waals surface area contributed by atoms with Crippen LogP contribution in [0.1, 0.15) is 199 Å². The molecule has 0 N–H and O–H groups in total. The fourth-order valence-electron chi connectivity index (χ4n) is 6.29. The van der Waals surface area contributed by atoms with Crippen LogP contribution in [-0.4, -0.2) is 44.3 Å². The van der Waals surface area contributed by atoms with E-state index in [1.807, 2.05) is 12.1 Å². The maximum absolute atomic E-state index is 12.6. The van der Waals surface area contributed by atoms with Gasteiger partial charge in [0.05, 0.1) is 7.11 Å². The molecule has 0 atom stereocenters. The van der Waals surface area contributed by atoms with Crippen LogP contribution in [0.2, 0.25) is 0 Å². The van der Waals surface area contributed by atoms with Crippen LogP contribution >= 0.6 is 0 Å². The molecule has 0 aliphatic rings. The molecular weight excluding hydrogens is 652 g/mol. The largest absolute Gasteiger partial charge is 0.497 e. The summed E-state index contributed by atoms with van der Waals surface area (Å²) in [4.78, 5) is 37.6.